The molecule has 220 valence electrons. The van der Waals surface area contributed by atoms with Crippen molar-refractivity contribution in [2.75, 3.05) is 33.3 Å². The van der Waals surface area contributed by atoms with Crippen LogP contribution in [0.4, 0.5) is 0 Å². The van der Waals surface area contributed by atoms with Crippen LogP contribution in [-0.2, 0) is 25.8 Å². The topological polar surface area (TPSA) is 121 Å². The highest BCUT2D eigenvalue weighted by Crippen LogP contribution is 2.60. The number of hydrogen-bond acceptors (Lipinski definition) is 7. The van der Waals surface area contributed by atoms with Crippen molar-refractivity contribution >= 4 is 44.7 Å². The van der Waals surface area contributed by atoms with Crippen molar-refractivity contribution in [1.29, 1.82) is 0 Å². The third-order valence-corrected chi connectivity index (χ3v) is 9.38. The Morgan fingerprint density at radius 3 is 2.68 bits per heavy atom. The first-order valence-corrected chi connectivity index (χ1v) is 15.0. The number of likely N-dealkylation sites (tertiary alicyclic amines) is 1. The Morgan fingerprint density at radius 1 is 1.20 bits per heavy atom. The number of fused-ring (bicyclic) bond motifs is 2. The molecule has 2 bridgehead atoms. The minimum atomic E-state index is -1.15. The number of alkyl halides is 1. The van der Waals surface area contributed by atoms with Gasteiger partial charge < -0.3 is 24.5 Å². The van der Waals surface area contributed by atoms with E-state index in [4.69, 9.17) is 4.74 Å². The average Bonchev–Trinajstić information content (AvgIpc) is 3.68. The van der Waals surface area contributed by atoms with Crippen molar-refractivity contribution in [2.45, 2.75) is 54.9 Å². The maximum Gasteiger partial charge on any atom is 0.250 e. The SMILES string of the molecule is C=CCN(C)C(=O)[C@H]1[C@H]2C(=O)N(CCCCCO)C(C(=O)N(CC=C)Cn3nnc4ccccc43)C23CC(Br)[C@@H]1O3. The molecule has 3 amide bonds. The van der Waals surface area contributed by atoms with Crippen LogP contribution in [-0.4, -0.2) is 108 Å². The number of nitrogens with zero attached hydrogens (tertiary/aromatic N) is 6. The predicted octanol–water partition coefficient (Wildman–Crippen LogP) is 1.96. The fraction of sp³-hybridized carbons (Fsp3) is 0.552. The van der Waals surface area contributed by atoms with Crippen molar-refractivity contribution in [1.82, 2.24) is 29.7 Å². The quantitative estimate of drug-likeness (QED) is 0.204. The molecule has 1 spiro atoms. The van der Waals surface area contributed by atoms with E-state index in [2.05, 4.69) is 39.4 Å². The lowest BCUT2D eigenvalue weighted by molar-refractivity contribution is -0.149. The molecular weight excluding hydrogens is 592 g/mol. The van der Waals surface area contributed by atoms with Crippen molar-refractivity contribution in [3.63, 3.8) is 0 Å². The second kappa shape index (κ2) is 12.0. The molecule has 1 N–H and O–H groups in total. The van der Waals surface area contributed by atoms with E-state index in [0.29, 0.717) is 44.3 Å². The summed E-state index contributed by atoms with van der Waals surface area (Å²) in [6.07, 6.45) is 5.12. The molecule has 0 saturated carbocycles. The van der Waals surface area contributed by atoms with Gasteiger partial charge in [0.2, 0.25) is 17.7 Å². The molecule has 3 fully saturated rings. The number of amides is 3. The molecule has 1 aromatic heterocycles. The van der Waals surface area contributed by atoms with E-state index in [0.717, 1.165) is 5.52 Å². The van der Waals surface area contributed by atoms with E-state index in [9.17, 15) is 19.5 Å². The van der Waals surface area contributed by atoms with E-state index in [-0.39, 0.29) is 42.4 Å². The minimum absolute atomic E-state index is 0.0596. The summed E-state index contributed by atoms with van der Waals surface area (Å²) in [7, 11) is 1.69. The van der Waals surface area contributed by atoms with Crippen molar-refractivity contribution in [2.24, 2.45) is 11.8 Å². The molecule has 3 saturated heterocycles. The highest BCUT2D eigenvalue weighted by molar-refractivity contribution is 9.09. The van der Waals surface area contributed by atoms with Gasteiger partial charge in [-0.1, -0.05) is 45.4 Å². The summed E-state index contributed by atoms with van der Waals surface area (Å²) in [5, 5.41) is 17.8. The first-order valence-electron chi connectivity index (χ1n) is 14.1. The highest BCUT2D eigenvalue weighted by Gasteiger charge is 2.76. The molecule has 0 aliphatic carbocycles. The second-order valence-electron chi connectivity index (χ2n) is 11.1. The van der Waals surface area contributed by atoms with Gasteiger partial charge in [0.1, 0.15) is 23.8 Å². The van der Waals surface area contributed by atoms with Crippen LogP contribution in [0.2, 0.25) is 0 Å². The van der Waals surface area contributed by atoms with Gasteiger partial charge in [0.05, 0.1) is 23.5 Å². The zero-order valence-electron chi connectivity index (χ0n) is 23.3. The number of benzene rings is 1. The number of aromatic nitrogens is 3. The number of hydrogen-bond donors (Lipinski definition) is 1. The number of halogens is 1. The number of aliphatic hydroxyl groups is 1. The number of aliphatic hydroxyl groups excluding tert-OH is 1. The maximum absolute atomic E-state index is 14.6. The Morgan fingerprint density at radius 2 is 1.95 bits per heavy atom. The summed E-state index contributed by atoms with van der Waals surface area (Å²) < 4.78 is 8.28. The molecule has 4 heterocycles. The van der Waals surface area contributed by atoms with Crippen LogP contribution < -0.4 is 0 Å². The molecule has 5 rings (SSSR count). The van der Waals surface area contributed by atoms with Crippen LogP contribution in [0.3, 0.4) is 0 Å². The first-order chi connectivity index (χ1) is 19.8. The number of rotatable bonds is 13. The largest absolute Gasteiger partial charge is 0.396 e. The monoisotopic (exact) mass is 628 g/mol. The number of likely N-dealkylation sites (N-methyl/N-ethyl adjacent to an activating group) is 1. The normalized spacial score (nSPS) is 28.2. The van der Waals surface area contributed by atoms with Gasteiger partial charge in [-0.15, -0.1) is 18.3 Å². The van der Waals surface area contributed by atoms with E-state index in [1.165, 1.54) is 0 Å². The van der Waals surface area contributed by atoms with Crippen molar-refractivity contribution in [3.05, 3.63) is 49.6 Å². The molecule has 6 atom stereocenters. The van der Waals surface area contributed by atoms with Crippen LogP contribution in [0.1, 0.15) is 25.7 Å². The lowest BCUT2D eigenvalue weighted by Crippen LogP contribution is -2.57. The number of unbranched alkanes of at least 4 members (excludes halogenated alkanes) is 2. The Balaban J connectivity index is 1.52. The van der Waals surface area contributed by atoms with E-state index >= 15 is 0 Å². The minimum Gasteiger partial charge on any atom is -0.396 e. The summed E-state index contributed by atoms with van der Waals surface area (Å²) in [6.45, 7) is 8.66. The highest BCUT2D eigenvalue weighted by atomic mass is 79.9. The van der Waals surface area contributed by atoms with E-state index < -0.39 is 29.6 Å². The fourth-order valence-electron chi connectivity index (χ4n) is 6.77. The van der Waals surface area contributed by atoms with E-state index in [1.807, 2.05) is 24.3 Å². The van der Waals surface area contributed by atoms with Gasteiger partial charge >= 0.3 is 0 Å². The van der Waals surface area contributed by atoms with Gasteiger partial charge in [-0.05, 0) is 37.8 Å². The van der Waals surface area contributed by atoms with Gasteiger partial charge in [-0.25, -0.2) is 4.68 Å². The summed E-state index contributed by atoms with van der Waals surface area (Å²) in [5.41, 5.74) is 0.343. The summed E-state index contributed by atoms with van der Waals surface area (Å²) in [6, 6.07) is 6.59. The standard InChI is InChI=1S/C29H37BrN6O5/c1-4-13-33(3)26(38)22-23-27(39)35(15-9-6-10-16-37)25(29(23)17-19(30)24(22)41-29)28(40)34(14-5-2)18-36-21-12-8-7-11-20(21)31-32-36/h4-5,7-8,11-12,19,22-25,37H,1-2,6,9-10,13-18H2,3H3/t19?,22-,23-,24-,25?,29?/m0/s1. The number of para-hydroxylation sites is 1. The summed E-state index contributed by atoms with van der Waals surface area (Å²) in [4.78, 5) is 47.0. The molecule has 0 radical (unpaired) electrons. The van der Waals surface area contributed by atoms with Crippen LogP contribution in [0.5, 0.6) is 0 Å². The molecule has 12 heteroatoms. The predicted molar refractivity (Wildman–Crippen MR) is 156 cm³/mol. The van der Waals surface area contributed by atoms with Crippen LogP contribution >= 0.6 is 15.9 Å². The third-order valence-electron chi connectivity index (χ3n) is 8.53. The van der Waals surface area contributed by atoms with Crippen LogP contribution in [0, 0.1) is 11.8 Å². The second-order valence-corrected chi connectivity index (χ2v) is 12.2. The number of carbonyl (C=O) groups is 3. The molecule has 3 aliphatic heterocycles. The Bertz CT molecular complexity index is 1330. The average molecular weight is 630 g/mol. The number of carbonyl (C=O) groups excluding carboxylic acids is 3. The van der Waals surface area contributed by atoms with Gasteiger partial charge in [-0.2, -0.15) is 0 Å². The summed E-state index contributed by atoms with van der Waals surface area (Å²) >= 11 is 3.72. The Kier molecular flexibility index (Phi) is 8.62. The molecular formula is C29H37BrN6O5. The molecule has 2 aromatic rings. The van der Waals surface area contributed by atoms with Gasteiger partial charge in [0, 0.05) is 38.1 Å². The van der Waals surface area contributed by atoms with Gasteiger partial charge in [-0.3, -0.25) is 14.4 Å². The lowest BCUT2D eigenvalue weighted by Gasteiger charge is -2.37. The molecule has 3 unspecified atom stereocenters. The molecule has 11 nitrogen and oxygen atoms in total. The Labute approximate surface area is 247 Å². The Hall–Kier alpha value is -3.09. The van der Waals surface area contributed by atoms with E-state index in [1.54, 1.807) is 38.6 Å². The van der Waals surface area contributed by atoms with Crippen molar-refractivity contribution < 1.29 is 24.2 Å². The first kappa shape index (κ1) is 29.4. The number of ether oxygens (including phenoxy) is 1. The van der Waals surface area contributed by atoms with Gasteiger partial charge in [0.25, 0.3) is 0 Å². The molecule has 1 aromatic carbocycles. The zero-order valence-corrected chi connectivity index (χ0v) is 24.9. The van der Waals surface area contributed by atoms with Crippen molar-refractivity contribution in [3.8, 4) is 0 Å². The van der Waals surface area contributed by atoms with Gasteiger partial charge in [0.15, 0.2) is 0 Å². The lowest BCUT2D eigenvalue weighted by atomic mass is 9.70. The maximum atomic E-state index is 14.6. The summed E-state index contributed by atoms with van der Waals surface area (Å²) in [5.74, 6) is -2.19. The van der Waals surface area contributed by atoms with Crippen LogP contribution in [0.15, 0.2) is 49.6 Å². The van der Waals surface area contributed by atoms with Crippen LogP contribution in [0.25, 0.3) is 11.0 Å². The fourth-order valence-corrected chi connectivity index (χ4v) is 7.71. The molecule has 3 aliphatic rings. The smallest absolute Gasteiger partial charge is 0.250 e. The molecule has 41 heavy (non-hydrogen) atoms. The third kappa shape index (κ3) is 4.99. The zero-order chi connectivity index (χ0) is 29.3.